The van der Waals surface area contributed by atoms with E-state index in [0.717, 1.165) is 11.2 Å². The molecule has 2 N–H and O–H groups in total. The van der Waals surface area contributed by atoms with Crippen molar-refractivity contribution in [3.63, 3.8) is 0 Å². The number of para-hydroxylation sites is 1. The fraction of sp³-hybridized carbons (Fsp3) is 0.125. The Morgan fingerprint density at radius 2 is 1.96 bits per heavy atom. The van der Waals surface area contributed by atoms with Gasteiger partial charge in [-0.15, -0.1) is 0 Å². The summed E-state index contributed by atoms with van der Waals surface area (Å²) in [6, 6.07) is 11.4. The zero-order valence-corrected chi connectivity index (χ0v) is 12.4. The average molecular weight is 310 g/mol. The van der Waals surface area contributed by atoms with Crippen molar-refractivity contribution >= 4 is 22.9 Å². The number of carboxylic acid groups (broad SMARTS) is 1. The molecule has 116 valence electrons. The van der Waals surface area contributed by atoms with Crippen LogP contribution in [0.2, 0.25) is 0 Å². The maximum absolute atomic E-state index is 12.1. The Morgan fingerprint density at radius 3 is 2.65 bits per heavy atom. The second-order valence-corrected chi connectivity index (χ2v) is 4.93. The van der Waals surface area contributed by atoms with E-state index < -0.39 is 18.4 Å². The first kappa shape index (κ1) is 14.7. The fourth-order valence-electron chi connectivity index (χ4n) is 2.43. The number of aliphatic carboxylic acids is 1. The molecule has 0 fully saturated rings. The van der Waals surface area contributed by atoms with Gasteiger partial charge >= 0.3 is 5.97 Å². The Hall–Kier alpha value is -3.22. The highest BCUT2D eigenvalue weighted by molar-refractivity contribution is 6.04. The zero-order valence-electron chi connectivity index (χ0n) is 12.4. The van der Waals surface area contributed by atoms with Gasteiger partial charge in [0.15, 0.2) is 5.69 Å². The van der Waals surface area contributed by atoms with E-state index in [4.69, 9.17) is 5.11 Å². The van der Waals surface area contributed by atoms with Gasteiger partial charge in [-0.05, 0) is 25.1 Å². The highest BCUT2D eigenvalue weighted by Crippen LogP contribution is 2.22. The molecule has 1 aromatic carbocycles. The second-order valence-electron chi connectivity index (χ2n) is 4.93. The van der Waals surface area contributed by atoms with Crippen LogP contribution in [0.25, 0.3) is 16.7 Å². The Morgan fingerprint density at radius 1 is 1.22 bits per heavy atom. The van der Waals surface area contributed by atoms with Crippen molar-refractivity contribution in [2.24, 2.45) is 0 Å². The number of nitrogens with zero attached hydrogens (tertiary/aromatic N) is 3. The smallest absolute Gasteiger partial charge is 0.322 e. The predicted molar refractivity (Wildman–Crippen MR) is 83.6 cm³/mol. The number of pyridine rings is 1. The van der Waals surface area contributed by atoms with E-state index in [0.29, 0.717) is 11.3 Å². The van der Waals surface area contributed by atoms with E-state index in [2.05, 4.69) is 15.3 Å². The van der Waals surface area contributed by atoms with Crippen LogP contribution in [0.1, 0.15) is 16.3 Å². The molecule has 0 aliphatic rings. The highest BCUT2D eigenvalue weighted by Gasteiger charge is 2.18. The molecule has 0 saturated heterocycles. The predicted octanol–water partition coefficient (Wildman–Crippen LogP) is 1.54. The van der Waals surface area contributed by atoms with Gasteiger partial charge < -0.3 is 10.4 Å². The topological polar surface area (TPSA) is 97.1 Å². The SMILES string of the molecule is Cc1nc2c(C(=O)NCC(=O)O)nccc2n1-c1ccccc1. The van der Waals surface area contributed by atoms with Crippen molar-refractivity contribution in [3.05, 3.63) is 54.1 Å². The third kappa shape index (κ3) is 2.76. The molecule has 2 aromatic heterocycles. The van der Waals surface area contributed by atoms with Crippen LogP contribution in [0.5, 0.6) is 0 Å². The maximum atomic E-state index is 12.1. The van der Waals surface area contributed by atoms with Gasteiger partial charge in [0.05, 0.1) is 5.52 Å². The molecule has 23 heavy (non-hydrogen) atoms. The van der Waals surface area contributed by atoms with E-state index in [-0.39, 0.29) is 5.69 Å². The maximum Gasteiger partial charge on any atom is 0.322 e. The molecule has 0 spiro atoms. The lowest BCUT2D eigenvalue weighted by Gasteiger charge is -2.07. The van der Waals surface area contributed by atoms with E-state index in [9.17, 15) is 9.59 Å². The van der Waals surface area contributed by atoms with Crippen LogP contribution in [0.3, 0.4) is 0 Å². The number of carbonyl (C=O) groups excluding carboxylic acids is 1. The van der Waals surface area contributed by atoms with Crippen molar-refractivity contribution in [2.75, 3.05) is 6.54 Å². The monoisotopic (exact) mass is 310 g/mol. The molecule has 7 heteroatoms. The van der Waals surface area contributed by atoms with Crippen LogP contribution >= 0.6 is 0 Å². The van der Waals surface area contributed by atoms with Crippen molar-refractivity contribution < 1.29 is 14.7 Å². The number of aromatic nitrogens is 3. The number of imidazole rings is 1. The first-order valence-electron chi connectivity index (χ1n) is 6.97. The van der Waals surface area contributed by atoms with Gasteiger partial charge in [-0.2, -0.15) is 0 Å². The molecule has 7 nitrogen and oxygen atoms in total. The van der Waals surface area contributed by atoms with Crippen molar-refractivity contribution in [2.45, 2.75) is 6.92 Å². The van der Waals surface area contributed by atoms with Crippen LogP contribution in [0.4, 0.5) is 0 Å². The molecule has 0 bridgehead atoms. The number of hydrogen-bond donors (Lipinski definition) is 2. The third-order valence-corrected chi connectivity index (χ3v) is 3.37. The number of carbonyl (C=O) groups is 2. The summed E-state index contributed by atoms with van der Waals surface area (Å²) in [6.45, 7) is 1.38. The Kier molecular flexibility index (Phi) is 3.76. The number of hydrogen-bond acceptors (Lipinski definition) is 4. The van der Waals surface area contributed by atoms with Crippen molar-refractivity contribution in [1.82, 2.24) is 19.9 Å². The first-order valence-corrected chi connectivity index (χ1v) is 6.97. The minimum atomic E-state index is -1.11. The fourth-order valence-corrected chi connectivity index (χ4v) is 2.43. The average Bonchev–Trinajstić information content (AvgIpc) is 2.89. The van der Waals surface area contributed by atoms with Crippen LogP contribution < -0.4 is 5.32 Å². The number of benzene rings is 1. The van der Waals surface area contributed by atoms with Gasteiger partial charge in [-0.3, -0.25) is 14.2 Å². The third-order valence-electron chi connectivity index (χ3n) is 3.37. The van der Waals surface area contributed by atoms with E-state index in [1.165, 1.54) is 6.20 Å². The van der Waals surface area contributed by atoms with Gasteiger partial charge in [0.25, 0.3) is 5.91 Å². The highest BCUT2D eigenvalue weighted by atomic mass is 16.4. The molecule has 3 aromatic rings. The molecule has 0 aliphatic carbocycles. The van der Waals surface area contributed by atoms with Crippen molar-refractivity contribution in [1.29, 1.82) is 0 Å². The van der Waals surface area contributed by atoms with Gasteiger partial charge in [-0.25, -0.2) is 9.97 Å². The normalized spacial score (nSPS) is 10.7. The van der Waals surface area contributed by atoms with Crippen LogP contribution in [0, 0.1) is 6.92 Å². The standard InChI is InChI=1S/C16H14N4O3/c1-10-19-14-12(20(10)11-5-3-2-4-6-11)7-8-17-15(14)16(23)18-9-13(21)22/h2-8H,9H2,1H3,(H,18,23)(H,21,22). The molecule has 0 radical (unpaired) electrons. The molecule has 1 amide bonds. The lowest BCUT2D eigenvalue weighted by Crippen LogP contribution is -2.30. The van der Waals surface area contributed by atoms with E-state index in [1.54, 1.807) is 6.07 Å². The van der Waals surface area contributed by atoms with E-state index >= 15 is 0 Å². The number of aryl methyl sites for hydroxylation is 1. The molecule has 0 unspecified atom stereocenters. The van der Waals surface area contributed by atoms with Crippen molar-refractivity contribution in [3.8, 4) is 5.69 Å². The summed E-state index contributed by atoms with van der Waals surface area (Å²) in [5.41, 5.74) is 2.22. The summed E-state index contributed by atoms with van der Waals surface area (Å²) >= 11 is 0. The Labute approximate surface area is 131 Å². The van der Waals surface area contributed by atoms with E-state index in [1.807, 2.05) is 41.8 Å². The molecule has 0 aliphatic heterocycles. The summed E-state index contributed by atoms with van der Waals surface area (Å²) in [5, 5.41) is 11.0. The first-order chi connectivity index (χ1) is 11.1. The van der Waals surface area contributed by atoms with Crippen LogP contribution in [0.15, 0.2) is 42.6 Å². The molecular weight excluding hydrogens is 296 g/mol. The van der Waals surface area contributed by atoms with Gasteiger partial charge in [0, 0.05) is 11.9 Å². The number of amides is 1. The van der Waals surface area contributed by atoms with Crippen LogP contribution in [-0.4, -0.2) is 38.1 Å². The molecule has 0 saturated carbocycles. The summed E-state index contributed by atoms with van der Waals surface area (Å²) in [4.78, 5) is 31.2. The second kappa shape index (κ2) is 5.88. The van der Waals surface area contributed by atoms with Gasteiger partial charge in [0.2, 0.25) is 0 Å². The number of carboxylic acids is 1. The minimum Gasteiger partial charge on any atom is -0.480 e. The number of fused-ring (bicyclic) bond motifs is 1. The Bertz CT molecular complexity index is 887. The summed E-state index contributed by atoms with van der Waals surface area (Å²) in [5.74, 6) is -0.960. The molecule has 0 atom stereocenters. The summed E-state index contributed by atoms with van der Waals surface area (Å²) in [6.07, 6.45) is 1.51. The molecular formula is C16H14N4O3. The van der Waals surface area contributed by atoms with Gasteiger partial charge in [0.1, 0.15) is 17.9 Å². The molecule has 2 heterocycles. The quantitative estimate of drug-likeness (QED) is 0.762. The minimum absolute atomic E-state index is 0.113. The zero-order chi connectivity index (χ0) is 16.4. The van der Waals surface area contributed by atoms with Gasteiger partial charge in [-0.1, -0.05) is 18.2 Å². The number of rotatable bonds is 4. The Balaban J connectivity index is 2.10. The summed E-state index contributed by atoms with van der Waals surface area (Å²) < 4.78 is 1.92. The lowest BCUT2D eigenvalue weighted by molar-refractivity contribution is -0.135. The lowest BCUT2D eigenvalue weighted by atomic mass is 10.2. The summed E-state index contributed by atoms with van der Waals surface area (Å²) in [7, 11) is 0. The number of nitrogens with one attached hydrogen (secondary N) is 1. The van der Waals surface area contributed by atoms with Crippen LogP contribution in [-0.2, 0) is 4.79 Å². The molecule has 3 rings (SSSR count). The largest absolute Gasteiger partial charge is 0.480 e.